The van der Waals surface area contributed by atoms with E-state index < -0.39 is 5.60 Å². The van der Waals surface area contributed by atoms with E-state index in [2.05, 4.69) is 17.4 Å². The zero-order valence-electron chi connectivity index (χ0n) is 17.5. The maximum absolute atomic E-state index is 12.9. The molecule has 0 bridgehead atoms. The molecule has 152 valence electrons. The summed E-state index contributed by atoms with van der Waals surface area (Å²) < 4.78 is 16.7. The fourth-order valence-corrected chi connectivity index (χ4v) is 3.73. The van der Waals surface area contributed by atoms with Gasteiger partial charge in [-0.2, -0.15) is 0 Å². The van der Waals surface area contributed by atoms with E-state index in [4.69, 9.17) is 14.0 Å². The largest absolute Gasteiger partial charge is 0.497 e. The molecule has 1 aliphatic rings. The van der Waals surface area contributed by atoms with E-state index in [1.54, 1.807) is 12.0 Å². The summed E-state index contributed by atoms with van der Waals surface area (Å²) in [4.78, 5) is 14.7. The number of nitrogens with one attached hydrogen (secondary N) is 1. The lowest BCUT2D eigenvalue weighted by Crippen LogP contribution is -2.47. The topological polar surface area (TPSA) is 76.8 Å². The number of carbonyl (C=O) groups excluding carboxylic acids is 1. The van der Waals surface area contributed by atoms with E-state index >= 15 is 0 Å². The van der Waals surface area contributed by atoms with Crippen LogP contribution < -0.4 is 14.8 Å². The van der Waals surface area contributed by atoms with Gasteiger partial charge in [0.1, 0.15) is 22.9 Å². The van der Waals surface area contributed by atoms with Gasteiger partial charge in [0.05, 0.1) is 25.9 Å². The van der Waals surface area contributed by atoms with Crippen LogP contribution >= 0.6 is 0 Å². The number of fused-ring (bicyclic) bond motifs is 1. The van der Waals surface area contributed by atoms with E-state index in [1.807, 2.05) is 45.9 Å². The second-order valence-electron chi connectivity index (χ2n) is 8.02. The molecule has 7 heteroatoms. The zero-order valence-corrected chi connectivity index (χ0v) is 17.5. The summed E-state index contributed by atoms with van der Waals surface area (Å²) in [5, 5.41) is 7.05. The lowest BCUT2D eigenvalue weighted by Gasteiger charge is -2.30. The molecule has 0 saturated heterocycles. The number of nitrogens with zero attached hydrogens (tertiary/aromatic N) is 2. The predicted molar refractivity (Wildman–Crippen MR) is 106 cm³/mol. The molecule has 0 aliphatic carbocycles. The Morgan fingerprint density at radius 1 is 1.39 bits per heavy atom. The summed E-state index contributed by atoms with van der Waals surface area (Å²) in [6, 6.07) is 5.59. The van der Waals surface area contributed by atoms with Crippen LogP contribution in [0, 0.1) is 13.8 Å². The third-order valence-corrected chi connectivity index (χ3v) is 5.02. The molecule has 0 radical (unpaired) electrons. The Morgan fingerprint density at radius 2 is 2.14 bits per heavy atom. The molecule has 3 rings (SSSR count). The molecule has 1 aliphatic heterocycles. The molecule has 28 heavy (non-hydrogen) atoms. The third-order valence-electron chi connectivity index (χ3n) is 5.02. The molecule has 2 amide bonds. The van der Waals surface area contributed by atoms with Crippen LogP contribution in [0.5, 0.6) is 11.5 Å². The molecule has 2 heterocycles. The van der Waals surface area contributed by atoms with Crippen molar-refractivity contribution in [1.29, 1.82) is 0 Å². The number of urea groups is 1. The summed E-state index contributed by atoms with van der Waals surface area (Å²) in [5.41, 5.74) is 2.37. The van der Waals surface area contributed by atoms with Crippen molar-refractivity contribution in [3.63, 3.8) is 0 Å². The predicted octanol–water partition coefficient (Wildman–Crippen LogP) is 3.79. The normalized spacial score (nSPS) is 16.6. The van der Waals surface area contributed by atoms with Gasteiger partial charge in [-0.3, -0.25) is 0 Å². The first-order chi connectivity index (χ1) is 13.2. The van der Waals surface area contributed by atoms with E-state index in [-0.39, 0.29) is 11.9 Å². The van der Waals surface area contributed by atoms with Crippen molar-refractivity contribution >= 4 is 6.03 Å². The van der Waals surface area contributed by atoms with Crippen molar-refractivity contribution in [3.05, 3.63) is 40.8 Å². The number of hydrogen-bond donors (Lipinski definition) is 1. The van der Waals surface area contributed by atoms with Gasteiger partial charge in [-0.1, -0.05) is 12.1 Å². The van der Waals surface area contributed by atoms with Gasteiger partial charge in [0, 0.05) is 29.7 Å². The smallest absolute Gasteiger partial charge is 0.317 e. The lowest BCUT2D eigenvalue weighted by molar-refractivity contribution is 0.0805. The standard InChI is InChI=1S/C21H29N3O4/c1-13(19-14(2)23-28-15(19)3)10-22-20(25)24-11-16-7-8-17(26-6)9-18(16)27-21(4,5)12-24/h7-9,13H,10-12H2,1-6H3,(H,22,25). The first-order valence-electron chi connectivity index (χ1n) is 9.51. The number of carbonyl (C=O) groups is 1. The number of amides is 2. The molecule has 0 spiro atoms. The minimum Gasteiger partial charge on any atom is -0.497 e. The molecule has 0 fully saturated rings. The third kappa shape index (κ3) is 4.24. The molecule has 1 aromatic heterocycles. The minimum absolute atomic E-state index is 0.112. The average Bonchev–Trinajstić information content (AvgIpc) is 2.90. The molecule has 1 atom stereocenters. The Kier molecular flexibility index (Phi) is 5.54. The van der Waals surface area contributed by atoms with Gasteiger partial charge < -0.3 is 24.2 Å². The summed E-state index contributed by atoms with van der Waals surface area (Å²) in [6.45, 7) is 11.3. The fourth-order valence-electron chi connectivity index (χ4n) is 3.73. The Balaban J connectivity index is 1.72. The van der Waals surface area contributed by atoms with E-state index in [0.717, 1.165) is 34.1 Å². The van der Waals surface area contributed by atoms with Crippen LogP contribution in [-0.4, -0.2) is 41.9 Å². The highest BCUT2D eigenvalue weighted by molar-refractivity contribution is 5.74. The van der Waals surface area contributed by atoms with Crippen LogP contribution in [0.15, 0.2) is 22.7 Å². The van der Waals surface area contributed by atoms with Gasteiger partial charge >= 0.3 is 6.03 Å². The Hall–Kier alpha value is -2.70. The number of aromatic nitrogens is 1. The van der Waals surface area contributed by atoms with Crippen molar-refractivity contribution in [1.82, 2.24) is 15.4 Å². The Morgan fingerprint density at radius 3 is 2.79 bits per heavy atom. The van der Waals surface area contributed by atoms with Crippen molar-refractivity contribution in [2.45, 2.75) is 52.7 Å². The van der Waals surface area contributed by atoms with E-state index in [9.17, 15) is 4.79 Å². The Bertz CT molecular complexity index is 840. The minimum atomic E-state index is -0.512. The summed E-state index contributed by atoms with van der Waals surface area (Å²) in [5.74, 6) is 2.40. The van der Waals surface area contributed by atoms with Crippen LogP contribution in [0.1, 0.15) is 49.3 Å². The van der Waals surface area contributed by atoms with E-state index in [1.165, 1.54) is 0 Å². The average molecular weight is 387 g/mol. The molecule has 7 nitrogen and oxygen atoms in total. The second-order valence-corrected chi connectivity index (χ2v) is 8.02. The van der Waals surface area contributed by atoms with Gasteiger partial charge in [0.25, 0.3) is 0 Å². The maximum Gasteiger partial charge on any atom is 0.317 e. The molecule has 1 N–H and O–H groups in total. The number of rotatable bonds is 4. The number of ether oxygens (including phenoxy) is 2. The zero-order chi connectivity index (χ0) is 20.5. The van der Waals surface area contributed by atoms with Crippen molar-refractivity contribution in [3.8, 4) is 11.5 Å². The van der Waals surface area contributed by atoms with Gasteiger partial charge in [-0.25, -0.2) is 4.79 Å². The summed E-state index contributed by atoms with van der Waals surface area (Å²) in [6.07, 6.45) is 0. The van der Waals surface area contributed by atoms with Crippen LogP contribution in [0.2, 0.25) is 0 Å². The number of benzene rings is 1. The summed E-state index contributed by atoms with van der Waals surface area (Å²) >= 11 is 0. The first-order valence-corrected chi connectivity index (χ1v) is 9.51. The van der Waals surface area contributed by atoms with E-state index in [0.29, 0.717) is 19.6 Å². The number of hydrogen-bond acceptors (Lipinski definition) is 5. The molecular weight excluding hydrogens is 358 g/mol. The van der Waals surface area contributed by atoms with Crippen LogP contribution in [0.25, 0.3) is 0 Å². The highest BCUT2D eigenvalue weighted by Gasteiger charge is 2.32. The highest BCUT2D eigenvalue weighted by atomic mass is 16.5. The van der Waals surface area contributed by atoms with Gasteiger partial charge in [0.15, 0.2) is 0 Å². The van der Waals surface area contributed by atoms with Gasteiger partial charge in [-0.15, -0.1) is 0 Å². The molecule has 2 aromatic rings. The highest BCUT2D eigenvalue weighted by Crippen LogP contribution is 2.32. The van der Waals surface area contributed by atoms with Crippen LogP contribution in [0.4, 0.5) is 4.79 Å². The molecule has 1 unspecified atom stereocenters. The fraction of sp³-hybridized carbons (Fsp3) is 0.524. The molecule has 0 saturated carbocycles. The quantitative estimate of drug-likeness (QED) is 0.864. The van der Waals surface area contributed by atoms with Crippen LogP contribution in [-0.2, 0) is 6.54 Å². The SMILES string of the molecule is COc1ccc2c(c1)OC(C)(C)CN(C(=O)NCC(C)c1c(C)noc1C)C2. The first kappa shape index (κ1) is 20.0. The number of aryl methyl sites for hydroxylation is 2. The van der Waals surface area contributed by atoms with Crippen molar-refractivity contribution < 1.29 is 18.8 Å². The maximum atomic E-state index is 12.9. The van der Waals surface area contributed by atoms with Crippen molar-refractivity contribution in [2.75, 3.05) is 20.2 Å². The lowest BCUT2D eigenvalue weighted by atomic mass is 10.00. The second kappa shape index (κ2) is 7.73. The van der Waals surface area contributed by atoms with Gasteiger partial charge in [-0.05, 0) is 39.8 Å². The summed E-state index contributed by atoms with van der Waals surface area (Å²) in [7, 11) is 1.63. The van der Waals surface area contributed by atoms with Gasteiger partial charge in [0.2, 0.25) is 0 Å². The molecular formula is C21H29N3O4. The monoisotopic (exact) mass is 387 g/mol. The van der Waals surface area contributed by atoms with Crippen molar-refractivity contribution in [2.24, 2.45) is 0 Å². The number of methoxy groups -OCH3 is 1. The molecule has 1 aromatic carbocycles. The van der Waals surface area contributed by atoms with Crippen LogP contribution in [0.3, 0.4) is 0 Å². The Labute approximate surface area is 166 Å².